The molecule has 1 amide bonds. The molecule has 1 aromatic heterocycles. The van der Waals surface area contributed by atoms with E-state index in [0.717, 1.165) is 17.7 Å². The molecule has 0 saturated carbocycles. The van der Waals surface area contributed by atoms with Crippen molar-refractivity contribution in [1.29, 1.82) is 0 Å². The van der Waals surface area contributed by atoms with Gasteiger partial charge in [-0.2, -0.15) is 0 Å². The predicted octanol–water partition coefficient (Wildman–Crippen LogP) is 1.55. The summed E-state index contributed by atoms with van der Waals surface area (Å²) in [4.78, 5) is 36.2. The van der Waals surface area contributed by atoms with Crippen molar-refractivity contribution in [3.05, 3.63) is 66.0 Å². The Bertz CT molecular complexity index is 662. The van der Waals surface area contributed by atoms with Gasteiger partial charge in [0.05, 0.1) is 0 Å². The van der Waals surface area contributed by atoms with E-state index in [4.69, 9.17) is 19.8 Å². The first kappa shape index (κ1) is 18.8. The third-order valence-corrected chi connectivity index (χ3v) is 2.98. The van der Waals surface area contributed by atoms with Gasteiger partial charge in [0.25, 0.3) is 5.91 Å². The summed E-state index contributed by atoms with van der Waals surface area (Å²) in [5.41, 5.74) is 1.73. The largest absolute Gasteiger partial charge is 0.473 e. The Morgan fingerprint density at radius 1 is 0.958 bits per heavy atom. The minimum absolute atomic E-state index is 0.0477. The molecule has 0 unspecified atom stereocenters. The summed E-state index contributed by atoms with van der Waals surface area (Å²) < 4.78 is 0. The van der Waals surface area contributed by atoms with Crippen LogP contribution < -0.4 is 0 Å². The number of likely N-dealkylation sites (N-methyl/N-ethyl adjacent to an activating group) is 1. The van der Waals surface area contributed by atoms with Gasteiger partial charge in [-0.1, -0.05) is 24.3 Å². The zero-order valence-corrected chi connectivity index (χ0v) is 13.1. The highest BCUT2D eigenvalue weighted by molar-refractivity contribution is 6.27. The summed E-state index contributed by atoms with van der Waals surface area (Å²) in [6.07, 6.45) is 2.55. The van der Waals surface area contributed by atoms with Gasteiger partial charge < -0.3 is 15.1 Å². The standard InChI is InChI=1S/C15H16N2O.C2H2O4/c1-17(12-10-14-9-5-6-11-16-14)15(18)13-7-3-2-4-8-13;3-1(4)2(5)6/h2-9,11H,10,12H2,1H3;(H,3,4)(H,5,6). The van der Waals surface area contributed by atoms with Crippen LogP contribution in [0.3, 0.4) is 0 Å². The number of benzene rings is 1. The highest BCUT2D eigenvalue weighted by Crippen LogP contribution is 2.04. The third-order valence-electron chi connectivity index (χ3n) is 2.98. The number of carbonyl (C=O) groups excluding carboxylic acids is 1. The maximum absolute atomic E-state index is 12.1. The molecule has 0 radical (unpaired) electrons. The lowest BCUT2D eigenvalue weighted by atomic mass is 10.2. The molecular weight excluding hydrogens is 312 g/mol. The fourth-order valence-corrected chi connectivity index (χ4v) is 1.73. The molecule has 7 nitrogen and oxygen atoms in total. The molecule has 0 fully saturated rings. The number of carboxylic acid groups (broad SMARTS) is 2. The van der Waals surface area contributed by atoms with E-state index >= 15 is 0 Å². The number of rotatable bonds is 4. The fraction of sp³-hybridized carbons (Fsp3) is 0.176. The summed E-state index contributed by atoms with van der Waals surface area (Å²) in [5, 5.41) is 14.8. The molecule has 2 N–H and O–H groups in total. The first-order valence-corrected chi connectivity index (χ1v) is 7.08. The zero-order chi connectivity index (χ0) is 17.9. The van der Waals surface area contributed by atoms with Crippen molar-refractivity contribution in [3.63, 3.8) is 0 Å². The van der Waals surface area contributed by atoms with Crippen molar-refractivity contribution in [2.24, 2.45) is 0 Å². The minimum atomic E-state index is -1.82. The van der Waals surface area contributed by atoms with Crippen molar-refractivity contribution in [2.75, 3.05) is 13.6 Å². The molecule has 0 aliphatic carbocycles. The van der Waals surface area contributed by atoms with E-state index in [-0.39, 0.29) is 5.91 Å². The number of hydrogen-bond acceptors (Lipinski definition) is 4. The van der Waals surface area contributed by atoms with Gasteiger partial charge in [0.1, 0.15) is 0 Å². The van der Waals surface area contributed by atoms with E-state index in [9.17, 15) is 4.79 Å². The number of aromatic nitrogens is 1. The smallest absolute Gasteiger partial charge is 0.414 e. The predicted molar refractivity (Wildman–Crippen MR) is 86.6 cm³/mol. The summed E-state index contributed by atoms with van der Waals surface area (Å²) in [6.45, 7) is 0.671. The van der Waals surface area contributed by atoms with Crippen LogP contribution in [0.5, 0.6) is 0 Å². The Balaban J connectivity index is 0.000000413. The van der Waals surface area contributed by atoms with Crippen LogP contribution in [-0.4, -0.2) is 51.5 Å². The summed E-state index contributed by atoms with van der Waals surface area (Å²) in [7, 11) is 1.82. The van der Waals surface area contributed by atoms with Gasteiger partial charge in [-0.05, 0) is 24.3 Å². The van der Waals surface area contributed by atoms with Crippen molar-refractivity contribution in [3.8, 4) is 0 Å². The van der Waals surface area contributed by atoms with Gasteiger partial charge in [-0.15, -0.1) is 0 Å². The van der Waals surface area contributed by atoms with E-state index in [2.05, 4.69) is 4.98 Å². The second kappa shape index (κ2) is 9.73. The second-order valence-electron chi connectivity index (χ2n) is 4.77. The molecular formula is C17H18N2O5. The Morgan fingerprint density at radius 3 is 2.04 bits per heavy atom. The van der Waals surface area contributed by atoms with Gasteiger partial charge in [0.15, 0.2) is 0 Å². The van der Waals surface area contributed by atoms with Crippen LogP contribution in [0.1, 0.15) is 16.1 Å². The number of nitrogens with zero attached hydrogens (tertiary/aromatic N) is 2. The molecule has 24 heavy (non-hydrogen) atoms. The van der Waals surface area contributed by atoms with Crippen molar-refractivity contribution >= 4 is 17.8 Å². The fourth-order valence-electron chi connectivity index (χ4n) is 1.73. The molecule has 0 spiro atoms. The summed E-state index contributed by atoms with van der Waals surface area (Å²) in [5.74, 6) is -3.60. The van der Waals surface area contributed by atoms with Crippen LogP contribution in [0.4, 0.5) is 0 Å². The highest BCUT2D eigenvalue weighted by atomic mass is 16.4. The Kier molecular flexibility index (Phi) is 7.63. The molecule has 0 atom stereocenters. The number of aliphatic carboxylic acids is 2. The number of carbonyl (C=O) groups is 3. The van der Waals surface area contributed by atoms with Crippen LogP contribution in [0.25, 0.3) is 0 Å². The van der Waals surface area contributed by atoms with E-state index in [0.29, 0.717) is 6.54 Å². The maximum Gasteiger partial charge on any atom is 0.414 e. The molecule has 2 aromatic rings. The number of pyridine rings is 1. The van der Waals surface area contributed by atoms with Crippen LogP contribution in [0, 0.1) is 0 Å². The van der Waals surface area contributed by atoms with E-state index < -0.39 is 11.9 Å². The lowest BCUT2D eigenvalue weighted by Gasteiger charge is -2.16. The van der Waals surface area contributed by atoms with Crippen molar-refractivity contribution in [1.82, 2.24) is 9.88 Å². The lowest BCUT2D eigenvalue weighted by molar-refractivity contribution is -0.159. The van der Waals surface area contributed by atoms with Crippen LogP contribution in [-0.2, 0) is 16.0 Å². The Labute approximate surface area is 139 Å². The van der Waals surface area contributed by atoms with Crippen molar-refractivity contribution in [2.45, 2.75) is 6.42 Å². The second-order valence-corrected chi connectivity index (χ2v) is 4.77. The monoisotopic (exact) mass is 330 g/mol. The van der Waals surface area contributed by atoms with Crippen LogP contribution in [0.15, 0.2) is 54.7 Å². The average molecular weight is 330 g/mol. The SMILES string of the molecule is CN(CCc1ccccn1)C(=O)c1ccccc1.O=C(O)C(=O)O. The first-order chi connectivity index (χ1) is 11.4. The molecule has 1 heterocycles. The van der Waals surface area contributed by atoms with Crippen LogP contribution in [0.2, 0.25) is 0 Å². The minimum Gasteiger partial charge on any atom is -0.473 e. The molecule has 0 saturated heterocycles. The van der Waals surface area contributed by atoms with Gasteiger partial charge in [0, 0.05) is 37.5 Å². The molecule has 2 rings (SSSR count). The third kappa shape index (κ3) is 6.69. The number of amides is 1. The quantitative estimate of drug-likeness (QED) is 0.824. The Morgan fingerprint density at radius 2 is 1.54 bits per heavy atom. The number of carboxylic acids is 2. The topological polar surface area (TPSA) is 108 Å². The van der Waals surface area contributed by atoms with Gasteiger partial charge in [-0.25, -0.2) is 9.59 Å². The summed E-state index contributed by atoms with van der Waals surface area (Å²) >= 11 is 0. The van der Waals surface area contributed by atoms with E-state index in [1.165, 1.54) is 0 Å². The van der Waals surface area contributed by atoms with E-state index in [1.807, 2.05) is 55.6 Å². The molecule has 0 bridgehead atoms. The van der Waals surface area contributed by atoms with Gasteiger partial charge >= 0.3 is 11.9 Å². The number of hydrogen-bond donors (Lipinski definition) is 2. The molecule has 7 heteroatoms. The highest BCUT2D eigenvalue weighted by Gasteiger charge is 2.10. The van der Waals surface area contributed by atoms with Gasteiger partial charge in [0.2, 0.25) is 0 Å². The van der Waals surface area contributed by atoms with Gasteiger partial charge in [-0.3, -0.25) is 9.78 Å². The average Bonchev–Trinajstić information content (AvgIpc) is 2.61. The zero-order valence-electron chi connectivity index (χ0n) is 13.1. The van der Waals surface area contributed by atoms with Crippen molar-refractivity contribution < 1.29 is 24.6 Å². The lowest BCUT2D eigenvalue weighted by Crippen LogP contribution is -2.28. The summed E-state index contributed by atoms with van der Waals surface area (Å²) in [6, 6.07) is 15.1. The molecule has 0 aliphatic heterocycles. The van der Waals surface area contributed by atoms with Crippen LogP contribution >= 0.6 is 0 Å². The van der Waals surface area contributed by atoms with E-state index in [1.54, 1.807) is 11.1 Å². The maximum atomic E-state index is 12.1. The normalized spacial score (nSPS) is 9.38. The molecule has 126 valence electrons. The Hall–Kier alpha value is -3.22. The first-order valence-electron chi connectivity index (χ1n) is 7.08. The molecule has 0 aliphatic rings. The molecule has 1 aromatic carbocycles.